The quantitative estimate of drug-likeness (QED) is 0.675. The van der Waals surface area contributed by atoms with Crippen molar-refractivity contribution in [1.82, 2.24) is 4.98 Å². The largest absolute Gasteiger partial charge is 0.486 e. The lowest BCUT2D eigenvalue weighted by Crippen LogP contribution is -2.18. The van der Waals surface area contributed by atoms with Crippen LogP contribution in [0.3, 0.4) is 0 Å². The molecule has 4 nitrogen and oxygen atoms in total. The molecule has 1 aromatic carbocycles. The lowest BCUT2D eigenvalue weighted by atomic mass is 10.0. The molecule has 2 aromatic rings. The first-order valence-electron chi connectivity index (χ1n) is 5.34. The smallest absolute Gasteiger partial charge is 0.163 e. The molecule has 5 heteroatoms. The van der Waals surface area contributed by atoms with Crippen LogP contribution < -0.4 is 9.47 Å². The van der Waals surface area contributed by atoms with Gasteiger partial charge in [-0.3, -0.25) is 0 Å². The normalized spacial score (nSPS) is 15.0. The van der Waals surface area contributed by atoms with Gasteiger partial charge in [0, 0.05) is 23.2 Å². The van der Waals surface area contributed by atoms with Gasteiger partial charge in [-0.2, -0.15) is 0 Å². The molecule has 0 bridgehead atoms. The number of ether oxygens (including phenoxy) is 2. The number of hydrogen-bond donors (Lipinski definition) is 0. The molecule has 18 heavy (non-hydrogen) atoms. The first kappa shape index (κ1) is 11.2. The van der Waals surface area contributed by atoms with Crippen LogP contribution in [-0.2, 0) is 0 Å². The van der Waals surface area contributed by atoms with Gasteiger partial charge in [0.2, 0.25) is 0 Å². The Labute approximate surface area is 109 Å². The summed E-state index contributed by atoms with van der Waals surface area (Å²) in [5.41, 5.74) is 3.01. The van der Waals surface area contributed by atoms with Crippen LogP contribution in [0.25, 0.3) is 0 Å². The van der Waals surface area contributed by atoms with E-state index in [0.29, 0.717) is 13.2 Å². The van der Waals surface area contributed by atoms with E-state index in [0.717, 1.165) is 33.5 Å². The van der Waals surface area contributed by atoms with Gasteiger partial charge in [0.15, 0.2) is 11.5 Å². The Bertz CT molecular complexity index is 620. The molecule has 0 N–H and O–H groups in total. The molecular formula is C13H12N2O2S. The minimum atomic E-state index is 0. The minimum Gasteiger partial charge on any atom is -0.486 e. The minimum absolute atomic E-state index is 0. The molecule has 0 atom stereocenters. The van der Waals surface area contributed by atoms with E-state index in [4.69, 9.17) is 9.47 Å². The van der Waals surface area contributed by atoms with Crippen molar-refractivity contribution in [3.05, 3.63) is 34.3 Å². The van der Waals surface area contributed by atoms with Crippen molar-refractivity contribution in [2.45, 2.75) is 7.43 Å². The van der Waals surface area contributed by atoms with Crippen molar-refractivity contribution in [2.24, 2.45) is 4.99 Å². The Morgan fingerprint density at radius 1 is 1.11 bits per heavy atom. The van der Waals surface area contributed by atoms with E-state index in [1.165, 1.54) is 0 Å². The maximum atomic E-state index is 5.56. The SMILES string of the molecule is C.c1csc(C2=Nc3cc4c(cc32)OCCO4)n1. The van der Waals surface area contributed by atoms with Crippen LogP contribution in [0.1, 0.15) is 18.0 Å². The highest BCUT2D eigenvalue weighted by molar-refractivity contribution is 7.12. The fourth-order valence-corrected chi connectivity index (χ4v) is 2.63. The van der Waals surface area contributed by atoms with Gasteiger partial charge in [-0.1, -0.05) is 7.43 Å². The number of hydrogen-bond acceptors (Lipinski definition) is 5. The van der Waals surface area contributed by atoms with Gasteiger partial charge in [0.1, 0.15) is 23.9 Å². The Hall–Kier alpha value is -1.88. The number of rotatable bonds is 1. The number of fused-ring (bicyclic) bond motifs is 2. The van der Waals surface area contributed by atoms with Gasteiger partial charge in [-0.25, -0.2) is 9.98 Å². The van der Waals surface area contributed by atoms with Gasteiger partial charge in [-0.15, -0.1) is 11.3 Å². The van der Waals surface area contributed by atoms with E-state index in [9.17, 15) is 0 Å². The number of thiazole rings is 1. The molecule has 0 unspecified atom stereocenters. The topological polar surface area (TPSA) is 43.7 Å². The third kappa shape index (κ3) is 1.51. The number of nitrogens with zero attached hydrogens (tertiary/aromatic N) is 2. The number of benzene rings is 1. The first-order valence-corrected chi connectivity index (χ1v) is 6.22. The lowest BCUT2D eigenvalue weighted by Gasteiger charge is -2.23. The van der Waals surface area contributed by atoms with Crippen LogP contribution in [-0.4, -0.2) is 23.9 Å². The van der Waals surface area contributed by atoms with E-state index >= 15 is 0 Å². The van der Waals surface area contributed by atoms with Crippen LogP contribution in [0.2, 0.25) is 0 Å². The molecular weight excluding hydrogens is 248 g/mol. The van der Waals surface area contributed by atoms with Crippen molar-refractivity contribution in [1.29, 1.82) is 0 Å². The molecule has 92 valence electrons. The highest BCUT2D eigenvalue weighted by Crippen LogP contribution is 2.42. The molecule has 0 saturated carbocycles. The second kappa shape index (κ2) is 4.10. The molecule has 0 aliphatic carbocycles. The summed E-state index contributed by atoms with van der Waals surface area (Å²) in [6.45, 7) is 1.21. The van der Waals surface area contributed by atoms with Crippen LogP contribution in [0.15, 0.2) is 28.7 Å². The predicted molar refractivity (Wildman–Crippen MR) is 71.6 cm³/mol. The monoisotopic (exact) mass is 260 g/mol. The highest BCUT2D eigenvalue weighted by Gasteiger charge is 2.26. The zero-order valence-corrected chi connectivity index (χ0v) is 9.66. The zero-order valence-electron chi connectivity index (χ0n) is 8.84. The van der Waals surface area contributed by atoms with E-state index in [2.05, 4.69) is 9.98 Å². The highest BCUT2D eigenvalue weighted by atomic mass is 32.1. The Balaban J connectivity index is 0.000001000. The van der Waals surface area contributed by atoms with Crippen LogP contribution in [0.5, 0.6) is 11.5 Å². The molecule has 4 rings (SSSR count). The van der Waals surface area contributed by atoms with Gasteiger partial charge in [0.25, 0.3) is 0 Å². The molecule has 0 amide bonds. The number of aliphatic imine (C=N–C) groups is 1. The summed E-state index contributed by atoms with van der Waals surface area (Å²) >= 11 is 1.59. The summed E-state index contributed by atoms with van der Waals surface area (Å²) in [6.07, 6.45) is 1.79. The van der Waals surface area contributed by atoms with Gasteiger partial charge < -0.3 is 9.47 Å². The summed E-state index contributed by atoms with van der Waals surface area (Å²) in [5, 5.41) is 2.91. The van der Waals surface area contributed by atoms with Crippen LogP contribution in [0.4, 0.5) is 5.69 Å². The maximum Gasteiger partial charge on any atom is 0.163 e. The second-order valence-electron chi connectivity index (χ2n) is 3.81. The predicted octanol–water partition coefficient (Wildman–Crippen LogP) is 3.03. The Kier molecular flexibility index (Phi) is 2.56. The van der Waals surface area contributed by atoms with Crippen LogP contribution in [0, 0.1) is 0 Å². The van der Waals surface area contributed by atoms with E-state index in [1.54, 1.807) is 17.5 Å². The zero-order chi connectivity index (χ0) is 11.2. The van der Waals surface area contributed by atoms with Crippen molar-refractivity contribution < 1.29 is 9.47 Å². The summed E-state index contributed by atoms with van der Waals surface area (Å²) in [4.78, 5) is 8.73. The average Bonchev–Trinajstić information content (AvgIpc) is 2.85. The van der Waals surface area contributed by atoms with E-state index in [-0.39, 0.29) is 7.43 Å². The first-order chi connectivity index (χ1) is 8.42. The molecule has 2 aliphatic heterocycles. The fourth-order valence-electron chi connectivity index (χ4n) is 1.99. The summed E-state index contributed by atoms with van der Waals surface area (Å²) in [7, 11) is 0. The average molecular weight is 260 g/mol. The third-order valence-corrected chi connectivity index (χ3v) is 3.56. The van der Waals surface area contributed by atoms with Crippen molar-refractivity contribution in [3.63, 3.8) is 0 Å². The van der Waals surface area contributed by atoms with Gasteiger partial charge in [-0.05, 0) is 6.07 Å². The number of aromatic nitrogens is 1. The lowest BCUT2D eigenvalue weighted by molar-refractivity contribution is 0.171. The van der Waals surface area contributed by atoms with Crippen LogP contribution >= 0.6 is 11.3 Å². The molecule has 0 radical (unpaired) electrons. The van der Waals surface area contributed by atoms with Crippen molar-refractivity contribution >= 4 is 22.7 Å². The molecule has 0 spiro atoms. The molecule has 3 heterocycles. The maximum absolute atomic E-state index is 5.56. The summed E-state index contributed by atoms with van der Waals surface area (Å²) < 4.78 is 11.1. The van der Waals surface area contributed by atoms with Gasteiger partial charge in [0.05, 0.1) is 5.69 Å². The van der Waals surface area contributed by atoms with Gasteiger partial charge >= 0.3 is 0 Å². The van der Waals surface area contributed by atoms with Crippen molar-refractivity contribution in [3.8, 4) is 11.5 Å². The Morgan fingerprint density at radius 2 is 1.89 bits per heavy atom. The summed E-state index contributed by atoms with van der Waals surface area (Å²) in [5.74, 6) is 1.59. The Morgan fingerprint density at radius 3 is 2.61 bits per heavy atom. The molecule has 2 aliphatic rings. The van der Waals surface area contributed by atoms with E-state index < -0.39 is 0 Å². The van der Waals surface area contributed by atoms with Crippen molar-refractivity contribution in [2.75, 3.05) is 13.2 Å². The molecule has 1 aromatic heterocycles. The fraction of sp³-hybridized carbons (Fsp3) is 0.231. The van der Waals surface area contributed by atoms with E-state index in [1.807, 2.05) is 17.5 Å². The molecule has 0 fully saturated rings. The second-order valence-corrected chi connectivity index (χ2v) is 4.71. The molecule has 0 saturated heterocycles. The standard InChI is InChI=1S/C12H8N2O2S.CH4/c1-4-17-12(13-1)11-7-5-9-10(6-8(7)14-11)16-3-2-15-9;/h1,4-6H,2-3H2;1H4. The third-order valence-electron chi connectivity index (χ3n) is 2.78. The summed E-state index contributed by atoms with van der Waals surface area (Å²) in [6, 6.07) is 3.93.